The number of hydrogen-bond donors (Lipinski definition) is 1. The summed E-state index contributed by atoms with van der Waals surface area (Å²) in [5.74, 6) is -0.638. The van der Waals surface area contributed by atoms with E-state index in [1.165, 1.54) is 23.1 Å². The van der Waals surface area contributed by atoms with Crippen LogP contribution >= 0.6 is 39.1 Å². The van der Waals surface area contributed by atoms with Crippen LogP contribution in [0.15, 0.2) is 46.9 Å². The molecule has 2 aromatic rings. The zero-order chi connectivity index (χ0) is 25.6. The second-order valence-electron chi connectivity index (χ2n) is 8.33. The lowest BCUT2D eigenvalue weighted by atomic mass is 10.1. The SMILES string of the molecule is CC(C)CNC(=O)[C@@H](C)N(Cc1ccc(Br)cc1)C(=O)CN(c1ccc(Cl)cc1Cl)S(C)(=O)=O. The van der Waals surface area contributed by atoms with Gasteiger partial charge in [-0.05, 0) is 48.7 Å². The van der Waals surface area contributed by atoms with Gasteiger partial charge in [0.1, 0.15) is 12.6 Å². The van der Waals surface area contributed by atoms with Crippen LogP contribution in [0, 0.1) is 5.92 Å². The van der Waals surface area contributed by atoms with Gasteiger partial charge in [0.15, 0.2) is 0 Å². The molecule has 2 aromatic carbocycles. The molecule has 0 spiro atoms. The first kappa shape index (κ1) is 28.4. The number of anilines is 1. The van der Waals surface area contributed by atoms with Crippen molar-refractivity contribution in [2.24, 2.45) is 5.92 Å². The fourth-order valence-corrected chi connectivity index (χ4v) is 4.79. The monoisotopic (exact) mass is 591 g/mol. The first-order chi connectivity index (χ1) is 15.8. The van der Waals surface area contributed by atoms with Gasteiger partial charge in [-0.15, -0.1) is 0 Å². The van der Waals surface area contributed by atoms with E-state index < -0.39 is 28.5 Å². The largest absolute Gasteiger partial charge is 0.354 e. The standard InChI is InChI=1S/C23H28BrCl2N3O4S/c1-15(2)12-27-23(31)16(3)28(13-17-5-7-18(24)8-6-17)22(30)14-29(34(4,32)33)21-10-9-19(25)11-20(21)26/h5-11,15-16H,12-14H2,1-4H3,(H,27,31)/t16-/m1/s1. The van der Waals surface area contributed by atoms with Crippen molar-refractivity contribution in [3.63, 3.8) is 0 Å². The van der Waals surface area contributed by atoms with Crippen LogP contribution in [0.1, 0.15) is 26.3 Å². The number of carbonyl (C=O) groups is 2. The molecule has 0 unspecified atom stereocenters. The van der Waals surface area contributed by atoms with Crippen LogP contribution in [-0.2, 0) is 26.2 Å². The molecule has 0 saturated carbocycles. The second kappa shape index (κ2) is 12.2. The Morgan fingerprint density at radius 3 is 2.21 bits per heavy atom. The Hall–Kier alpha value is -1.81. The highest BCUT2D eigenvalue weighted by molar-refractivity contribution is 9.10. The van der Waals surface area contributed by atoms with Crippen molar-refractivity contribution in [2.45, 2.75) is 33.4 Å². The van der Waals surface area contributed by atoms with Gasteiger partial charge in [0.25, 0.3) is 0 Å². The molecule has 0 aliphatic carbocycles. The van der Waals surface area contributed by atoms with Crippen LogP contribution in [0.25, 0.3) is 0 Å². The Bertz CT molecular complexity index is 1130. The van der Waals surface area contributed by atoms with E-state index in [1.54, 1.807) is 6.92 Å². The zero-order valence-electron chi connectivity index (χ0n) is 19.4. The summed E-state index contributed by atoms with van der Waals surface area (Å²) in [5, 5.41) is 3.26. The summed E-state index contributed by atoms with van der Waals surface area (Å²) in [4.78, 5) is 27.6. The molecule has 0 aromatic heterocycles. The number of amides is 2. The number of nitrogens with zero attached hydrogens (tertiary/aromatic N) is 2. The molecular weight excluding hydrogens is 565 g/mol. The van der Waals surface area contributed by atoms with Gasteiger partial charge in [0, 0.05) is 22.6 Å². The van der Waals surface area contributed by atoms with Crippen molar-refractivity contribution in [3.8, 4) is 0 Å². The van der Waals surface area contributed by atoms with Crippen molar-refractivity contribution in [3.05, 3.63) is 62.5 Å². The van der Waals surface area contributed by atoms with E-state index in [2.05, 4.69) is 21.2 Å². The molecule has 0 bridgehead atoms. The highest BCUT2D eigenvalue weighted by atomic mass is 79.9. The molecular formula is C23H28BrCl2N3O4S. The Kier molecular flexibility index (Phi) is 10.2. The predicted octanol–water partition coefficient (Wildman–Crippen LogP) is 4.71. The third-order valence-corrected chi connectivity index (χ3v) is 7.17. The maximum Gasteiger partial charge on any atom is 0.244 e. The van der Waals surface area contributed by atoms with Gasteiger partial charge in [-0.25, -0.2) is 8.42 Å². The van der Waals surface area contributed by atoms with Gasteiger partial charge >= 0.3 is 0 Å². The summed E-state index contributed by atoms with van der Waals surface area (Å²) < 4.78 is 27.0. The minimum atomic E-state index is -3.88. The lowest BCUT2D eigenvalue weighted by Crippen LogP contribution is -2.51. The number of hydrogen-bond acceptors (Lipinski definition) is 4. The maximum atomic E-state index is 13.5. The molecule has 1 N–H and O–H groups in total. The van der Waals surface area contributed by atoms with Crippen molar-refractivity contribution in [1.82, 2.24) is 10.2 Å². The Morgan fingerprint density at radius 2 is 1.68 bits per heavy atom. The molecule has 0 heterocycles. The average molecular weight is 593 g/mol. The average Bonchev–Trinajstić information content (AvgIpc) is 2.74. The summed E-state index contributed by atoms with van der Waals surface area (Å²) >= 11 is 15.6. The van der Waals surface area contributed by atoms with Crippen LogP contribution < -0.4 is 9.62 Å². The Morgan fingerprint density at radius 1 is 1.06 bits per heavy atom. The molecule has 1 atom stereocenters. The summed E-state index contributed by atoms with van der Waals surface area (Å²) in [6.45, 7) is 5.60. The van der Waals surface area contributed by atoms with Crippen molar-refractivity contribution in [1.29, 1.82) is 0 Å². The quantitative estimate of drug-likeness (QED) is 0.433. The number of sulfonamides is 1. The number of nitrogens with one attached hydrogen (secondary N) is 1. The highest BCUT2D eigenvalue weighted by Crippen LogP contribution is 2.30. The van der Waals surface area contributed by atoms with Gasteiger partial charge in [-0.1, -0.05) is 65.1 Å². The van der Waals surface area contributed by atoms with Crippen molar-refractivity contribution < 1.29 is 18.0 Å². The number of rotatable bonds is 10. The first-order valence-corrected chi connectivity index (χ1v) is 13.9. The Labute approximate surface area is 219 Å². The van der Waals surface area contributed by atoms with Crippen molar-refractivity contribution >= 4 is 66.7 Å². The normalized spacial score (nSPS) is 12.4. The predicted molar refractivity (Wildman–Crippen MR) is 141 cm³/mol. The van der Waals surface area contributed by atoms with E-state index in [-0.39, 0.29) is 29.1 Å². The molecule has 2 rings (SSSR count). The topological polar surface area (TPSA) is 86.8 Å². The van der Waals surface area contributed by atoms with Gasteiger partial charge in [-0.3, -0.25) is 13.9 Å². The van der Waals surface area contributed by atoms with Gasteiger partial charge in [0.2, 0.25) is 21.8 Å². The van der Waals surface area contributed by atoms with Crippen LogP contribution in [0.5, 0.6) is 0 Å². The number of carbonyl (C=O) groups excluding carboxylic acids is 2. The van der Waals surface area contributed by atoms with Gasteiger partial charge in [0.05, 0.1) is 17.0 Å². The minimum absolute atomic E-state index is 0.0907. The third kappa shape index (κ3) is 8.15. The van der Waals surface area contributed by atoms with E-state index in [0.717, 1.165) is 20.6 Å². The van der Waals surface area contributed by atoms with Crippen LogP contribution in [-0.4, -0.2) is 50.5 Å². The minimum Gasteiger partial charge on any atom is -0.354 e. The molecule has 186 valence electrons. The molecule has 0 fully saturated rings. The van der Waals surface area contributed by atoms with E-state index in [4.69, 9.17) is 23.2 Å². The van der Waals surface area contributed by atoms with Crippen LogP contribution in [0.3, 0.4) is 0 Å². The molecule has 0 saturated heterocycles. The molecule has 2 amide bonds. The van der Waals surface area contributed by atoms with E-state index >= 15 is 0 Å². The fourth-order valence-electron chi connectivity index (χ4n) is 3.10. The second-order valence-corrected chi connectivity index (χ2v) is 12.0. The molecule has 0 radical (unpaired) electrons. The van der Waals surface area contributed by atoms with E-state index in [1.807, 2.05) is 38.1 Å². The lowest BCUT2D eigenvalue weighted by molar-refractivity contribution is -0.139. The van der Waals surface area contributed by atoms with Gasteiger partial charge < -0.3 is 10.2 Å². The van der Waals surface area contributed by atoms with E-state index in [9.17, 15) is 18.0 Å². The van der Waals surface area contributed by atoms with E-state index in [0.29, 0.717) is 11.6 Å². The third-order valence-electron chi connectivity index (χ3n) is 4.98. The van der Waals surface area contributed by atoms with Crippen LogP contribution in [0.2, 0.25) is 10.0 Å². The summed E-state index contributed by atoms with van der Waals surface area (Å²) in [6, 6.07) is 10.8. The number of halogens is 3. The fraction of sp³-hybridized carbons (Fsp3) is 0.391. The first-order valence-electron chi connectivity index (χ1n) is 10.5. The summed E-state index contributed by atoms with van der Waals surface area (Å²) in [7, 11) is -3.88. The Balaban J connectivity index is 2.39. The number of benzene rings is 2. The highest BCUT2D eigenvalue weighted by Gasteiger charge is 2.30. The summed E-state index contributed by atoms with van der Waals surface area (Å²) in [5.41, 5.74) is 0.915. The van der Waals surface area contributed by atoms with Crippen LogP contribution in [0.4, 0.5) is 5.69 Å². The lowest BCUT2D eigenvalue weighted by Gasteiger charge is -2.32. The maximum absolute atomic E-state index is 13.5. The van der Waals surface area contributed by atoms with Crippen molar-refractivity contribution in [2.75, 3.05) is 23.7 Å². The zero-order valence-corrected chi connectivity index (χ0v) is 23.3. The smallest absolute Gasteiger partial charge is 0.244 e. The summed E-state index contributed by atoms with van der Waals surface area (Å²) in [6.07, 6.45) is 0.989. The molecule has 0 aliphatic heterocycles. The van der Waals surface area contributed by atoms with Gasteiger partial charge in [-0.2, -0.15) is 0 Å². The molecule has 0 aliphatic rings. The molecule has 34 heavy (non-hydrogen) atoms. The molecule has 11 heteroatoms. The molecule has 7 nitrogen and oxygen atoms in total.